The Labute approximate surface area is 171 Å². The van der Waals surface area contributed by atoms with Gasteiger partial charge in [0.25, 0.3) is 0 Å². The summed E-state index contributed by atoms with van der Waals surface area (Å²) in [5.74, 6) is 2.87. The Morgan fingerprint density at radius 1 is 1.19 bits per heavy atom. The van der Waals surface area contributed by atoms with Crippen molar-refractivity contribution in [2.45, 2.75) is 26.9 Å². The van der Waals surface area contributed by atoms with E-state index < -0.39 is 0 Å². The van der Waals surface area contributed by atoms with Crippen LogP contribution in [0.15, 0.2) is 35.7 Å². The molecule has 9 heteroatoms. The van der Waals surface area contributed by atoms with Crippen LogP contribution >= 0.6 is 24.0 Å². The molecule has 3 heterocycles. The van der Waals surface area contributed by atoms with E-state index in [1.807, 2.05) is 22.9 Å². The highest BCUT2D eigenvalue weighted by molar-refractivity contribution is 14.0. The highest BCUT2D eigenvalue weighted by atomic mass is 127. The molecular weight excluding hydrogens is 443 g/mol. The average Bonchev–Trinajstić information content (AvgIpc) is 3.13. The van der Waals surface area contributed by atoms with Gasteiger partial charge in [-0.2, -0.15) is 0 Å². The van der Waals surface area contributed by atoms with Crippen LogP contribution < -0.4 is 10.2 Å². The van der Waals surface area contributed by atoms with E-state index in [1.165, 1.54) is 0 Å². The first-order valence-corrected chi connectivity index (χ1v) is 8.87. The molecule has 8 nitrogen and oxygen atoms in total. The fourth-order valence-corrected chi connectivity index (χ4v) is 2.93. The van der Waals surface area contributed by atoms with Gasteiger partial charge in [-0.3, -0.25) is 0 Å². The van der Waals surface area contributed by atoms with Crippen molar-refractivity contribution in [1.82, 2.24) is 30.0 Å². The maximum absolute atomic E-state index is 4.76. The highest BCUT2D eigenvalue weighted by Crippen LogP contribution is 2.12. The van der Waals surface area contributed by atoms with E-state index in [0.717, 1.165) is 56.9 Å². The van der Waals surface area contributed by atoms with Crippen molar-refractivity contribution in [3.05, 3.63) is 36.5 Å². The Kier molecular flexibility index (Phi) is 8.07. The molecule has 1 aliphatic rings. The van der Waals surface area contributed by atoms with Crippen LogP contribution in [0.3, 0.4) is 0 Å². The number of aliphatic imine (C=N–C) groups is 1. The van der Waals surface area contributed by atoms with Crippen LogP contribution in [0.5, 0.6) is 0 Å². The van der Waals surface area contributed by atoms with Crippen molar-refractivity contribution in [2.24, 2.45) is 4.99 Å². The van der Waals surface area contributed by atoms with Crippen LogP contribution in [0.2, 0.25) is 0 Å². The minimum absolute atomic E-state index is 0. The summed E-state index contributed by atoms with van der Waals surface area (Å²) >= 11 is 0. The Morgan fingerprint density at radius 3 is 2.65 bits per heavy atom. The number of guanidine groups is 1. The third-order valence-electron chi connectivity index (χ3n) is 4.29. The lowest BCUT2D eigenvalue weighted by Crippen LogP contribution is -2.52. The van der Waals surface area contributed by atoms with E-state index in [-0.39, 0.29) is 24.0 Å². The number of pyridine rings is 1. The number of halogens is 1. The zero-order valence-electron chi connectivity index (χ0n) is 15.4. The standard InChI is InChI=1S/C17H26N8.HI/c1-3-18-17(20-13-16-22-21-14-23(16)4-2)25-11-9-24(10-12-25)15-7-5-6-8-19-15;/h5-8,14H,3-4,9-13H2,1-2H3,(H,18,20);1H. The van der Waals surface area contributed by atoms with Gasteiger partial charge in [0.05, 0.1) is 0 Å². The van der Waals surface area contributed by atoms with Crippen LogP contribution in [-0.2, 0) is 13.1 Å². The van der Waals surface area contributed by atoms with Crippen molar-refractivity contribution in [3.63, 3.8) is 0 Å². The summed E-state index contributed by atoms with van der Waals surface area (Å²) in [4.78, 5) is 13.8. The Morgan fingerprint density at radius 2 is 2.00 bits per heavy atom. The van der Waals surface area contributed by atoms with Crippen molar-refractivity contribution in [2.75, 3.05) is 37.6 Å². The highest BCUT2D eigenvalue weighted by Gasteiger charge is 2.20. The zero-order chi connectivity index (χ0) is 17.5. The first kappa shape index (κ1) is 20.4. The van der Waals surface area contributed by atoms with Crippen LogP contribution in [0, 0.1) is 0 Å². The Balaban J connectivity index is 0.00000243. The van der Waals surface area contributed by atoms with Crippen LogP contribution in [-0.4, -0.2) is 63.3 Å². The summed E-state index contributed by atoms with van der Waals surface area (Å²) in [6.07, 6.45) is 3.60. The van der Waals surface area contributed by atoms with Crippen molar-refractivity contribution in [1.29, 1.82) is 0 Å². The summed E-state index contributed by atoms with van der Waals surface area (Å²) < 4.78 is 2.02. The quantitative estimate of drug-likeness (QED) is 0.407. The molecule has 142 valence electrons. The Bertz CT molecular complexity index is 679. The predicted octanol–water partition coefficient (Wildman–Crippen LogP) is 1.60. The smallest absolute Gasteiger partial charge is 0.194 e. The third kappa shape index (κ3) is 5.05. The summed E-state index contributed by atoms with van der Waals surface area (Å²) in [6.45, 7) is 10.1. The number of aryl methyl sites for hydroxylation is 1. The normalized spacial score (nSPS) is 14.9. The lowest BCUT2D eigenvalue weighted by molar-refractivity contribution is 0.371. The number of nitrogens with one attached hydrogen (secondary N) is 1. The molecule has 0 spiro atoms. The third-order valence-corrected chi connectivity index (χ3v) is 4.29. The molecule has 1 aliphatic heterocycles. The Hall–Kier alpha value is -1.91. The van der Waals surface area contributed by atoms with Gasteiger partial charge in [-0.1, -0.05) is 6.07 Å². The molecule has 2 aromatic rings. The van der Waals surface area contributed by atoms with E-state index in [9.17, 15) is 0 Å². The van der Waals surface area contributed by atoms with Gasteiger partial charge in [0.2, 0.25) is 0 Å². The summed E-state index contributed by atoms with van der Waals surface area (Å²) in [5.41, 5.74) is 0. The number of aromatic nitrogens is 4. The molecule has 0 aromatic carbocycles. The molecule has 0 saturated carbocycles. The summed E-state index contributed by atoms with van der Waals surface area (Å²) in [6, 6.07) is 6.04. The van der Waals surface area contributed by atoms with E-state index in [2.05, 4.69) is 50.2 Å². The minimum Gasteiger partial charge on any atom is -0.357 e. The first-order valence-electron chi connectivity index (χ1n) is 8.87. The zero-order valence-corrected chi connectivity index (χ0v) is 17.7. The molecule has 1 N–H and O–H groups in total. The summed E-state index contributed by atoms with van der Waals surface area (Å²) in [5, 5.41) is 11.5. The molecule has 3 rings (SSSR count). The van der Waals surface area contributed by atoms with Gasteiger partial charge in [-0.15, -0.1) is 34.2 Å². The molecule has 2 aromatic heterocycles. The van der Waals surface area contributed by atoms with Gasteiger partial charge in [0.15, 0.2) is 11.8 Å². The molecule has 26 heavy (non-hydrogen) atoms. The van der Waals surface area contributed by atoms with E-state index in [0.29, 0.717) is 6.54 Å². The maximum atomic E-state index is 4.76. The van der Waals surface area contributed by atoms with Gasteiger partial charge >= 0.3 is 0 Å². The van der Waals surface area contributed by atoms with Gasteiger partial charge < -0.3 is 19.7 Å². The van der Waals surface area contributed by atoms with Gasteiger partial charge in [-0.05, 0) is 26.0 Å². The number of piperazine rings is 1. The van der Waals surface area contributed by atoms with Crippen molar-refractivity contribution in [3.8, 4) is 0 Å². The number of anilines is 1. The molecular formula is C17H27IN8. The first-order chi connectivity index (χ1) is 12.3. The number of nitrogens with zero attached hydrogens (tertiary/aromatic N) is 7. The van der Waals surface area contributed by atoms with E-state index >= 15 is 0 Å². The second-order valence-corrected chi connectivity index (χ2v) is 5.87. The fraction of sp³-hybridized carbons (Fsp3) is 0.529. The molecule has 0 amide bonds. The van der Waals surface area contributed by atoms with E-state index in [1.54, 1.807) is 6.33 Å². The molecule has 1 saturated heterocycles. The van der Waals surface area contributed by atoms with Gasteiger partial charge in [0.1, 0.15) is 18.7 Å². The van der Waals surface area contributed by atoms with Crippen molar-refractivity contribution < 1.29 is 0 Å². The second kappa shape index (κ2) is 10.3. The van der Waals surface area contributed by atoms with Gasteiger partial charge in [0, 0.05) is 45.5 Å². The molecule has 1 fully saturated rings. The number of rotatable bonds is 5. The SMILES string of the molecule is CCNC(=NCc1nncn1CC)N1CCN(c2ccccn2)CC1.I. The predicted molar refractivity (Wildman–Crippen MR) is 114 cm³/mol. The topological polar surface area (TPSA) is 74.5 Å². The maximum Gasteiger partial charge on any atom is 0.194 e. The lowest BCUT2D eigenvalue weighted by Gasteiger charge is -2.37. The largest absolute Gasteiger partial charge is 0.357 e. The molecule has 0 unspecified atom stereocenters. The monoisotopic (exact) mass is 470 g/mol. The summed E-state index contributed by atoms with van der Waals surface area (Å²) in [7, 11) is 0. The fourth-order valence-electron chi connectivity index (χ4n) is 2.93. The van der Waals surface area contributed by atoms with Gasteiger partial charge in [-0.25, -0.2) is 9.98 Å². The minimum atomic E-state index is 0. The van der Waals surface area contributed by atoms with Crippen LogP contribution in [0.25, 0.3) is 0 Å². The van der Waals surface area contributed by atoms with Crippen LogP contribution in [0.4, 0.5) is 5.82 Å². The van der Waals surface area contributed by atoms with Crippen LogP contribution in [0.1, 0.15) is 19.7 Å². The van der Waals surface area contributed by atoms with E-state index in [4.69, 9.17) is 4.99 Å². The molecule has 0 atom stereocenters. The lowest BCUT2D eigenvalue weighted by atomic mass is 10.3. The number of hydrogen-bond donors (Lipinski definition) is 1. The molecule has 0 bridgehead atoms. The molecule has 0 aliphatic carbocycles. The number of hydrogen-bond acceptors (Lipinski definition) is 5. The second-order valence-electron chi connectivity index (χ2n) is 5.87. The van der Waals surface area contributed by atoms with Crippen molar-refractivity contribution >= 4 is 35.8 Å². The molecule has 0 radical (unpaired) electrons. The average molecular weight is 470 g/mol.